The topological polar surface area (TPSA) is 43.4 Å². The quantitative estimate of drug-likeness (QED) is 0.348. The minimum Gasteiger partial charge on any atom is -0.462 e. The fourth-order valence-electron chi connectivity index (χ4n) is 2.36. The van der Waals surface area contributed by atoms with Gasteiger partial charge in [-0.15, -0.1) is 0 Å². The van der Waals surface area contributed by atoms with Crippen LogP contribution in [0.15, 0.2) is 48.0 Å². The average Bonchev–Trinajstić information content (AvgIpc) is 2.53. The number of Topliss-reactive ketones (excluding diaryl/α,β-unsaturated/α-hetero) is 1. The summed E-state index contributed by atoms with van der Waals surface area (Å²) < 4.78 is 5.03. The van der Waals surface area contributed by atoms with E-state index in [4.69, 9.17) is 4.74 Å². The molecule has 0 radical (unpaired) electrons. The Morgan fingerprint density at radius 1 is 1.05 bits per heavy atom. The number of fused-ring (bicyclic) bond motifs is 1. The van der Waals surface area contributed by atoms with Crippen molar-refractivity contribution in [2.45, 2.75) is 26.7 Å². The molecule has 0 bridgehead atoms. The number of carbonyl (C=O) groups is 2. The number of hydrogen-bond donors (Lipinski definition) is 0. The van der Waals surface area contributed by atoms with Crippen LogP contribution in [0.2, 0.25) is 0 Å². The van der Waals surface area contributed by atoms with Gasteiger partial charge in [-0.05, 0) is 35.8 Å². The van der Waals surface area contributed by atoms with E-state index in [0.29, 0.717) is 12.8 Å². The van der Waals surface area contributed by atoms with E-state index >= 15 is 0 Å². The number of carbonyl (C=O) groups excluding carboxylic acids is 2. The molecular formula is C19H20O3. The molecular weight excluding hydrogens is 276 g/mol. The van der Waals surface area contributed by atoms with Crippen molar-refractivity contribution >= 4 is 28.6 Å². The smallest absolute Gasteiger partial charge is 0.341 e. The van der Waals surface area contributed by atoms with Gasteiger partial charge in [0.15, 0.2) is 5.78 Å². The predicted molar refractivity (Wildman–Crippen MR) is 88.5 cm³/mol. The molecule has 0 spiro atoms. The Labute approximate surface area is 130 Å². The number of ether oxygens (including phenoxy) is 1. The Morgan fingerprint density at radius 3 is 2.50 bits per heavy atom. The summed E-state index contributed by atoms with van der Waals surface area (Å²) in [5, 5.41) is 2.08. The van der Waals surface area contributed by atoms with Crippen LogP contribution in [0.25, 0.3) is 16.8 Å². The van der Waals surface area contributed by atoms with Crippen LogP contribution in [0.4, 0.5) is 0 Å². The van der Waals surface area contributed by atoms with E-state index in [0.717, 1.165) is 16.3 Å². The molecule has 2 aromatic carbocycles. The van der Waals surface area contributed by atoms with Crippen LogP contribution in [0.1, 0.15) is 32.3 Å². The van der Waals surface area contributed by atoms with Gasteiger partial charge >= 0.3 is 5.97 Å². The second-order valence-corrected chi connectivity index (χ2v) is 5.02. The lowest BCUT2D eigenvalue weighted by Crippen LogP contribution is -2.15. The van der Waals surface area contributed by atoms with E-state index in [1.807, 2.05) is 49.4 Å². The van der Waals surface area contributed by atoms with Crippen molar-refractivity contribution in [3.8, 4) is 0 Å². The lowest BCUT2D eigenvalue weighted by atomic mass is 9.99. The van der Waals surface area contributed by atoms with Crippen molar-refractivity contribution in [2.24, 2.45) is 0 Å². The normalized spacial score (nSPS) is 11.5. The van der Waals surface area contributed by atoms with Gasteiger partial charge < -0.3 is 4.74 Å². The number of ketones is 1. The highest BCUT2D eigenvalue weighted by atomic mass is 16.5. The summed E-state index contributed by atoms with van der Waals surface area (Å²) in [6.45, 7) is 3.90. The van der Waals surface area contributed by atoms with Gasteiger partial charge in [0, 0.05) is 6.42 Å². The fourth-order valence-corrected chi connectivity index (χ4v) is 2.36. The minimum absolute atomic E-state index is 0.125. The largest absolute Gasteiger partial charge is 0.462 e. The zero-order chi connectivity index (χ0) is 15.9. The Morgan fingerprint density at radius 2 is 1.77 bits per heavy atom. The molecule has 22 heavy (non-hydrogen) atoms. The van der Waals surface area contributed by atoms with Gasteiger partial charge in [-0.2, -0.15) is 0 Å². The predicted octanol–water partition coefficient (Wildman–Crippen LogP) is 4.16. The summed E-state index contributed by atoms with van der Waals surface area (Å²) in [7, 11) is 0. The van der Waals surface area contributed by atoms with E-state index in [-0.39, 0.29) is 18.0 Å². The fraction of sp³-hybridized carbons (Fsp3) is 0.263. The van der Waals surface area contributed by atoms with E-state index in [1.165, 1.54) is 0 Å². The molecule has 114 valence electrons. The van der Waals surface area contributed by atoms with Gasteiger partial charge in [0.2, 0.25) is 0 Å². The van der Waals surface area contributed by atoms with Crippen molar-refractivity contribution < 1.29 is 14.3 Å². The lowest BCUT2D eigenvalue weighted by molar-refractivity contribution is -0.139. The van der Waals surface area contributed by atoms with Crippen LogP contribution >= 0.6 is 0 Å². The van der Waals surface area contributed by atoms with E-state index in [1.54, 1.807) is 13.0 Å². The number of benzene rings is 2. The first-order valence-electron chi connectivity index (χ1n) is 7.57. The van der Waals surface area contributed by atoms with E-state index in [9.17, 15) is 9.59 Å². The maximum absolute atomic E-state index is 12.2. The Hall–Kier alpha value is -2.42. The number of rotatable bonds is 6. The Balaban J connectivity index is 2.51. The third-order valence-electron chi connectivity index (χ3n) is 3.40. The second-order valence-electron chi connectivity index (χ2n) is 5.02. The molecule has 0 aliphatic carbocycles. The summed E-state index contributed by atoms with van der Waals surface area (Å²) in [5.41, 5.74) is 0.977. The van der Waals surface area contributed by atoms with Crippen molar-refractivity contribution in [3.05, 3.63) is 53.6 Å². The molecule has 0 atom stereocenters. The molecule has 0 amide bonds. The van der Waals surface area contributed by atoms with Crippen LogP contribution in [-0.4, -0.2) is 18.4 Å². The summed E-state index contributed by atoms with van der Waals surface area (Å²) in [6.07, 6.45) is 2.69. The summed E-state index contributed by atoms with van der Waals surface area (Å²) in [5.74, 6) is -0.720. The first kappa shape index (κ1) is 16.0. The minimum atomic E-state index is -0.547. The Bertz CT molecular complexity index is 688. The highest BCUT2D eigenvalue weighted by Crippen LogP contribution is 2.22. The summed E-state index contributed by atoms with van der Waals surface area (Å²) in [6, 6.07) is 13.7. The zero-order valence-electron chi connectivity index (χ0n) is 13.0. The van der Waals surface area contributed by atoms with E-state index in [2.05, 4.69) is 0 Å². The maximum atomic E-state index is 12.2. The van der Waals surface area contributed by atoms with Crippen molar-refractivity contribution in [3.63, 3.8) is 0 Å². The summed E-state index contributed by atoms with van der Waals surface area (Å²) >= 11 is 0. The molecule has 0 saturated heterocycles. The zero-order valence-corrected chi connectivity index (χ0v) is 13.0. The molecule has 0 N–H and O–H groups in total. The molecule has 0 fully saturated rings. The monoisotopic (exact) mass is 296 g/mol. The third kappa shape index (κ3) is 3.61. The molecule has 3 heteroatoms. The molecule has 0 aliphatic rings. The van der Waals surface area contributed by atoms with Gasteiger partial charge in [0.1, 0.15) is 5.57 Å². The van der Waals surface area contributed by atoms with Crippen LogP contribution < -0.4 is 0 Å². The van der Waals surface area contributed by atoms with Crippen LogP contribution in [0, 0.1) is 0 Å². The standard InChI is InChI=1S/C19H20O3/c1-3-8-18(20)17(19(21)22-4-2)13-15-11-7-10-14-9-5-6-12-16(14)15/h5-7,9-13H,3-4,8H2,1-2H3/b17-13-. The summed E-state index contributed by atoms with van der Waals surface area (Å²) in [4.78, 5) is 24.3. The lowest BCUT2D eigenvalue weighted by Gasteiger charge is -2.07. The van der Waals surface area contributed by atoms with E-state index < -0.39 is 5.97 Å². The molecule has 2 rings (SSSR count). The number of esters is 1. The Kier molecular flexibility index (Phi) is 5.48. The van der Waals surface area contributed by atoms with Crippen LogP contribution in [0.3, 0.4) is 0 Å². The molecule has 0 aromatic heterocycles. The second kappa shape index (κ2) is 7.55. The van der Waals surface area contributed by atoms with Gasteiger partial charge in [-0.25, -0.2) is 4.79 Å². The first-order chi connectivity index (χ1) is 10.7. The van der Waals surface area contributed by atoms with Crippen molar-refractivity contribution in [1.29, 1.82) is 0 Å². The first-order valence-corrected chi connectivity index (χ1v) is 7.57. The third-order valence-corrected chi connectivity index (χ3v) is 3.40. The molecule has 0 unspecified atom stereocenters. The maximum Gasteiger partial charge on any atom is 0.341 e. The highest BCUT2D eigenvalue weighted by Gasteiger charge is 2.19. The molecule has 0 heterocycles. The molecule has 0 saturated carbocycles. The van der Waals surface area contributed by atoms with Gasteiger partial charge in [0.25, 0.3) is 0 Å². The molecule has 2 aromatic rings. The average molecular weight is 296 g/mol. The molecule has 3 nitrogen and oxygen atoms in total. The van der Waals surface area contributed by atoms with Gasteiger partial charge in [-0.3, -0.25) is 4.79 Å². The highest BCUT2D eigenvalue weighted by molar-refractivity contribution is 6.21. The van der Waals surface area contributed by atoms with Crippen molar-refractivity contribution in [2.75, 3.05) is 6.61 Å². The van der Waals surface area contributed by atoms with Crippen LogP contribution in [0.5, 0.6) is 0 Å². The van der Waals surface area contributed by atoms with Gasteiger partial charge in [0.05, 0.1) is 6.61 Å². The molecule has 0 aliphatic heterocycles. The van der Waals surface area contributed by atoms with Gasteiger partial charge in [-0.1, -0.05) is 49.4 Å². The number of hydrogen-bond acceptors (Lipinski definition) is 3. The van der Waals surface area contributed by atoms with Crippen LogP contribution in [-0.2, 0) is 14.3 Å². The van der Waals surface area contributed by atoms with Crippen molar-refractivity contribution in [1.82, 2.24) is 0 Å². The SMILES string of the molecule is CCCC(=O)/C(=C/c1cccc2ccccc12)C(=O)OCC.